The van der Waals surface area contributed by atoms with E-state index in [9.17, 15) is 4.79 Å². The molecule has 0 saturated carbocycles. The molecule has 1 saturated heterocycles. The monoisotopic (exact) mass is 279 g/mol. The fourth-order valence-corrected chi connectivity index (χ4v) is 2.03. The molecule has 7 heteroatoms. The Labute approximate surface area is 118 Å². The Morgan fingerprint density at radius 3 is 2.80 bits per heavy atom. The van der Waals surface area contributed by atoms with Crippen molar-refractivity contribution in [2.75, 3.05) is 44.0 Å². The molecule has 0 aliphatic carbocycles. The number of aromatic nitrogens is 2. The van der Waals surface area contributed by atoms with Gasteiger partial charge in [-0.1, -0.05) is 0 Å². The number of rotatable bonds is 4. The number of carbonyl (C=O) groups is 1. The fourth-order valence-electron chi connectivity index (χ4n) is 2.03. The van der Waals surface area contributed by atoms with Crippen molar-refractivity contribution in [3.63, 3.8) is 0 Å². The third-order valence-corrected chi connectivity index (χ3v) is 3.24. The molecule has 2 N–H and O–H groups in total. The molecule has 0 spiro atoms. The normalized spacial score (nSPS) is 16.6. The number of morpholine rings is 1. The third kappa shape index (κ3) is 3.36. The summed E-state index contributed by atoms with van der Waals surface area (Å²) in [5.41, 5.74) is 0.908. The minimum absolute atomic E-state index is 0.0670. The summed E-state index contributed by atoms with van der Waals surface area (Å²) in [5.74, 6) is 1.28. The summed E-state index contributed by atoms with van der Waals surface area (Å²) in [4.78, 5) is 22.6. The lowest BCUT2D eigenvalue weighted by Crippen LogP contribution is -2.47. The highest BCUT2D eigenvalue weighted by Crippen LogP contribution is 2.14. The summed E-state index contributed by atoms with van der Waals surface area (Å²) >= 11 is 0. The second-order valence-electron chi connectivity index (χ2n) is 4.78. The van der Waals surface area contributed by atoms with Crippen LogP contribution in [0, 0.1) is 6.92 Å². The molecular formula is C13H21N5O2. The van der Waals surface area contributed by atoms with E-state index in [1.54, 1.807) is 13.2 Å². The lowest BCUT2D eigenvalue weighted by Gasteiger charge is -2.29. The predicted molar refractivity (Wildman–Crippen MR) is 76.8 cm³/mol. The standard InChI is InChI=1S/C13H21N5O2/c1-9-8-15-13(14-3)17-11(9)16-10(2)12(19)18-4-6-20-7-5-18/h8,10H,4-7H2,1-3H3,(H2,14,15,16,17). The first kappa shape index (κ1) is 14.5. The van der Waals surface area contributed by atoms with Gasteiger partial charge >= 0.3 is 0 Å². The highest BCUT2D eigenvalue weighted by molar-refractivity contribution is 5.84. The Morgan fingerprint density at radius 1 is 1.45 bits per heavy atom. The number of nitrogens with zero attached hydrogens (tertiary/aromatic N) is 3. The average molecular weight is 279 g/mol. The molecule has 1 unspecified atom stereocenters. The van der Waals surface area contributed by atoms with Gasteiger partial charge in [0.2, 0.25) is 11.9 Å². The molecule has 1 amide bonds. The average Bonchev–Trinajstić information content (AvgIpc) is 2.49. The van der Waals surface area contributed by atoms with Crippen LogP contribution in [0.1, 0.15) is 12.5 Å². The Bertz CT molecular complexity index is 474. The molecule has 2 heterocycles. The first-order valence-electron chi connectivity index (χ1n) is 6.76. The molecule has 110 valence electrons. The van der Waals surface area contributed by atoms with Crippen molar-refractivity contribution in [3.8, 4) is 0 Å². The van der Waals surface area contributed by atoms with E-state index in [1.807, 2.05) is 18.7 Å². The summed E-state index contributed by atoms with van der Waals surface area (Å²) in [6.45, 7) is 6.26. The number of anilines is 2. The van der Waals surface area contributed by atoms with Crippen molar-refractivity contribution in [1.82, 2.24) is 14.9 Å². The molecule has 0 radical (unpaired) electrons. The Balaban J connectivity index is 2.03. The van der Waals surface area contributed by atoms with Gasteiger partial charge in [0.05, 0.1) is 13.2 Å². The maximum absolute atomic E-state index is 12.3. The van der Waals surface area contributed by atoms with Gasteiger partial charge in [-0.05, 0) is 13.8 Å². The summed E-state index contributed by atoms with van der Waals surface area (Å²) in [7, 11) is 1.76. The van der Waals surface area contributed by atoms with E-state index in [0.717, 1.165) is 5.56 Å². The van der Waals surface area contributed by atoms with E-state index in [4.69, 9.17) is 4.74 Å². The molecular weight excluding hydrogens is 258 g/mol. The molecule has 2 rings (SSSR count). The zero-order valence-electron chi connectivity index (χ0n) is 12.1. The Morgan fingerprint density at radius 2 is 2.15 bits per heavy atom. The molecule has 1 aliphatic rings. The highest BCUT2D eigenvalue weighted by Gasteiger charge is 2.23. The van der Waals surface area contributed by atoms with Gasteiger partial charge < -0.3 is 20.3 Å². The lowest BCUT2D eigenvalue weighted by atomic mass is 10.2. The van der Waals surface area contributed by atoms with Crippen LogP contribution in [0.5, 0.6) is 0 Å². The number of hydrogen-bond donors (Lipinski definition) is 2. The molecule has 1 aromatic rings. The number of amides is 1. The van der Waals surface area contributed by atoms with Crippen molar-refractivity contribution in [2.45, 2.75) is 19.9 Å². The van der Waals surface area contributed by atoms with Crippen LogP contribution in [0.25, 0.3) is 0 Å². The lowest BCUT2D eigenvalue weighted by molar-refractivity contribution is -0.135. The topological polar surface area (TPSA) is 79.4 Å². The van der Waals surface area contributed by atoms with Crippen LogP contribution < -0.4 is 10.6 Å². The maximum Gasteiger partial charge on any atom is 0.244 e. The van der Waals surface area contributed by atoms with Gasteiger partial charge in [0.1, 0.15) is 11.9 Å². The summed E-state index contributed by atoms with van der Waals surface area (Å²) < 4.78 is 5.25. The first-order valence-corrected chi connectivity index (χ1v) is 6.76. The van der Waals surface area contributed by atoms with E-state index in [-0.39, 0.29) is 11.9 Å². The van der Waals surface area contributed by atoms with Crippen LogP contribution in [0.2, 0.25) is 0 Å². The highest BCUT2D eigenvalue weighted by atomic mass is 16.5. The van der Waals surface area contributed by atoms with Crippen molar-refractivity contribution in [3.05, 3.63) is 11.8 Å². The fraction of sp³-hybridized carbons (Fsp3) is 0.615. The van der Waals surface area contributed by atoms with Gasteiger partial charge in [0, 0.05) is 31.9 Å². The molecule has 7 nitrogen and oxygen atoms in total. The van der Waals surface area contributed by atoms with Crippen molar-refractivity contribution in [2.24, 2.45) is 0 Å². The first-order chi connectivity index (χ1) is 9.61. The second kappa shape index (κ2) is 6.51. The van der Waals surface area contributed by atoms with Crippen LogP contribution in [0.15, 0.2) is 6.20 Å². The smallest absolute Gasteiger partial charge is 0.244 e. The summed E-state index contributed by atoms with van der Waals surface area (Å²) in [6, 6.07) is -0.327. The zero-order valence-corrected chi connectivity index (χ0v) is 12.1. The van der Waals surface area contributed by atoms with Gasteiger partial charge in [0.25, 0.3) is 0 Å². The molecule has 1 atom stereocenters. The van der Waals surface area contributed by atoms with Gasteiger partial charge in [-0.2, -0.15) is 4.98 Å². The quantitative estimate of drug-likeness (QED) is 0.835. The molecule has 1 aromatic heterocycles. The Kier molecular flexibility index (Phi) is 4.73. The van der Waals surface area contributed by atoms with Crippen molar-refractivity contribution in [1.29, 1.82) is 0 Å². The number of nitrogens with one attached hydrogen (secondary N) is 2. The predicted octanol–water partition coefficient (Wildman–Crippen LogP) is 0.486. The zero-order chi connectivity index (χ0) is 14.5. The third-order valence-electron chi connectivity index (χ3n) is 3.24. The van der Waals surface area contributed by atoms with Gasteiger partial charge in [-0.3, -0.25) is 4.79 Å². The van der Waals surface area contributed by atoms with E-state index in [2.05, 4.69) is 20.6 Å². The largest absolute Gasteiger partial charge is 0.378 e. The molecule has 1 aliphatic heterocycles. The van der Waals surface area contributed by atoms with Crippen molar-refractivity contribution < 1.29 is 9.53 Å². The van der Waals surface area contributed by atoms with Crippen molar-refractivity contribution >= 4 is 17.7 Å². The van der Waals surface area contributed by atoms with E-state index < -0.39 is 0 Å². The SMILES string of the molecule is CNc1ncc(C)c(NC(C)C(=O)N2CCOCC2)n1. The van der Waals surface area contributed by atoms with E-state index in [1.165, 1.54) is 0 Å². The molecule has 0 aromatic carbocycles. The summed E-state index contributed by atoms with van der Waals surface area (Å²) in [6.07, 6.45) is 1.73. The van der Waals surface area contributed by atoms with Crippen LogP contribution in [-0.2, 0) is 9.53 Å². The van der Waals surface area contributed by atoms with Crippen LogP contribution in [0.3, 0.4) is 0 Å². The molecule has 0 bridgehead atoms. The van der Waals surface area contributed by atoms with Gasteiger partial charge in [0.15, 0.2) is 0 Å². The van der Waals surface area contributed by atoms with Gasteiger partial charge in [-0.15, -0.1) is 0 Å². The minimum Gasteiger partial charge on any atom is -0.378 e. The van der Waals surface area contributed by atoms with Crippen LogP contribution >= 0.6 is 0 Å². The van der Waals surface area contributed by atoms with Crippen LogP contribution in [0.4, 0.5) is 11.8 Å². The number of carbonyl (C=O) groups excluding carboxylic acids is 1. The minimum atomic E-state index is -0.327. The summed E-state index contributed by atoms with van der Waals surface area (Å²) in [5, 5.41) is 6.05. The van der Waals surface area contributed by atoms with Gasteiger partial charge in [-0.25, -0.2) is 4.98 Å². The second-order valence-corrected chi connectivity index (χ2v) is 4.78. The number of hydrogen-bond acceptors (Lipinski definition) is 6. The molecule has 20 heavy (non-hydrogen) atoms. The van der Waals surface area contributed by atoms with E-state index >= 15 is 0 Å². The maximum atomic E-state index is 12.3. The Hall–Kier alpha value is -1.89. The van der Waals surface area contributed by atoms with E-state index in [0.29, 0.717) is 38.1 Å². The van der Waals surface area contributed by atoms with Crippen LogP contribution in [-0.4, -0.2) is 60.2 Å². The number of ether oxygens (including phenoxy) is 1. The molecule has 1 fully saturated rings. The number of aryl methyl sites for hydroxylation is 1.